The molecule has 0 aromatic heterocycles. The Bertz CT molecular complexity index is 591. The van der Waals surface area contributed by atoms with Crippen LogP contribution in [0.25, 0.3) is 0 Å². The molecule has 0 radical (unpaired) electrons. The predicted octanol–water partition coefficient (Wildman–Crippen LogP) is 0.227. The van der Waals surface area contributed by atoms with Crippen molar-refractivity contribution in [3.8, 4) is 0 Å². The van der Waals surface area contributed by atoms with E-state index in [0.717, 1.165) is 19.3 Å². The molecule has 9 nitrogen and oxygen atoms in total. The van der Waals surface area contributed by atoms with Crippen LogP contribution in [0, 0.1) is 11.8 Å². The standard InChI is InChI=1S/C16H29N3O6S/c1-12-8-13(15(20)21)11-19(10-12)16(22)17-5-7-26(23,24)18-9-14-4-2-3-6-25-14/h12-14,18H,2-11H2,1H3,(H,17,22)(H,20,21). The Morgan fingerprint density at radius 1 is 1.27 bits per heavy atom. The van der Waals surface area contributed by atoms with Crippen LogP contribution in [-0.4, -0.2) is 75.1 Å². The second-order valence-electron chi connectivity index (χ2n) is 7.17. The van der Waals surface area contributed by atoms with Crippen molar-refractivity contribution in [1.29, 1.82) is 0 Å². The topological polar surface area (TPSA) is 125 Å². The molecule has 0 aromatic carbocycles. The van der Waals surface area contributed by atoms with Crippen molar-refractivity contribution in [2.75, 3.05) is 38.5 Å². The second kappa shape index (κ2) is 9.52. The lowest BCUT2D eigenvalue weighted by molar-refractivity contribution is -0.143. The van der Waals surface area contributed by atoms with E-state index >= 15 is 0 Å². The van der Waals surface area contributed by atoms with Gasteiger partial charge in [-0.25, -0.2) is 17.9 Å². The third-order valence-electron chi connectivity index (χ3n) is 4.75. The number of likely N-dealkylation sites (tertiary alicyclic amines) is 1. The van der Waals surface area contributed by atoms with Crippen molar-refractivity contribution in [2.24, 2.45) is 11.8 Å². The Labute approximate surface area is 154 Å². The minimum absolute atomic E-state index is 0.0255. The van der Waals surface area contributed by atoms with Gasteiger partial charge in [0.05, 0.1) is 17.8 Å². The van der Waals surface area contributed by atoms with Gasteiger partial charge in [-0.2, -0.15) is 0 Å². The van der Waals surface area contributed by atoms with E-state index in [4.69, 9.17) is 9.84 Å². The Morgan fingerprint density at radius 2 is 2.04 bits per heavy atom. The summed E-state index contributed by atoms with van der Waals surface area (Å²) in [5, 5.41) is 11.7. The zero-order valence-corrected chi connectivity index (χ0v) is 16.0. The highest BCUT2D eigenvalue weighted by atomic mass is 32.2. The first-order valence-corrected chi connectivity index (χ1v) is 10.8. The fourth-order valence-corrected chi connectivity index (χ4v) is 4.32. The van der Waals surface area contributed by atoms with Crippen LogP contribution in [-0.2, 0) is 19.6 Å². The molecule has 2 aliphatic rings. The van der Waals surface area contributed by atoms with Crippen LogP contribution in [0.1, 0.15) is 32.6 Å². The van der Waals surface area contributed by atoms with Crippen molar-refractivity contribution < 1.29 is 27.9 Å². The van der Waals surface area contributed by atoms with Crippen LogP contribution in [0.4, 0.5) is 4.79 Å². The molecule has 2 heterocycles. The number of aliphatic carboxylic acids is 1. The number of carboxylic acid groups (broad SMARTS) is 1. The first-order chi connectivity index (χ1) is 12.3. The molecule has 3 N–H and O–H groups in total. The zero-order valence-electron chi connectivity index (χ0n) is 15.1. The average molecular weight is 391 g/mol. The van der Waals surface area contributed by atoms with Gasteiger partial charge in [0, 0.05) is 32.8 Å². The number of ether oxygens (including phenoxy) is 1. The maximum Gasteiger partial charge on any atom is 0.317 e. The summed E-state index contributed by atoms with van der Waals surface area (Å²) in [4.78, 5) is 24.8. The van der Waals surface area contributed by atoms with E-state index in [0.29, 0.717) is 19.6 Å². The lowest BCUT2D eigenvalue weighted by atomic mass is 9.91. The molecule has 2 fully saturated rings. The number of carbonyl (C=O) groups excluding carboxylic acids is 1. The number of nitrogens with zero attached hydrogens (tertiary/aromatic N) is 1. The molecule has 0 bridgehead atoms. The molecule has 150 valence electrons. The molecule has 2 saturated heterocycles. The van der Waals surface area contributed by atoms with Crippen LogP contribution >= 0.6 is 0 Å². The van der Waals surface area contributed by atoms with E-state index in [1.54, 1.807) is 0 Å². The van der Waals surface area contributed by atoms with Crippen LogP contribution in [0.2, 0.25) is 0 Å². The Balaban J connectivity index is 1.71. The van der Waals surface area contributed by atoms with E-state index in [9.17, 15) is 18.0 Å². The van der Waals surface area contributed by atoms with E-state index < -0.39 is 27.9 Å². The van der Waals surface area contributed by atoms with Crippen molar-refractivity contribution in [1.82, 2.24) is 14.9 Å². The van der Waals surface area contributed by atoms with Gasteiger partial charge in [-0.15, -0.1) is 0 Å². The summed E-state index contributed by atoms with van der Waals surface area (Å²) in [7, 11) is -3.50. The van der Waals surface area contributed by atoms with Crippen LogP contribution in [0.15, 0.2) is 0 Å². The second-order valence-corrected chi connectivity index (χ2v) is 9.10. The average Bonchev–Trinajstić information content (AvgIpc) is 2.60. The van der Waals surface area contributed by atoms with E-state index in [1.807, 2.05) is 6.92 Å². The van der Waals surface area contributed by atoms with Crippen LogP contribution in [0.5, 0.6) is 0 Å². The van der Waals surface area contributed by atoms with Gasteiger partial charge in [-0.3, -0.25) is 4.79 Å². The molecule has 0 spiro atoms. The SMILES string of the molecule is CC1CC(C(=O)O)CN(C(=O)NCCS(=O)(=O)NCC2CCCCO2)C1. The summed E-state index contributed by atoms with van der Waals surface area (Å²) in [6, 6.07) is -0.423. The van der Waals surface area contributed by atoms with Crippen molar-refractivity contribution in [3.05, 3.63) is 0 Å². The summed E-state index contributed by atoms with van der Waals surface area (Å²) in [5.74, 6) is -1.62. The Kier molecular flexibility index (Phi) is 7.66. The van der Waals surface area contributed by atoms with Gasteiger partial charge >= 0.3 is 12.0 Å². The number of hydrogen-bond acceptors (Lipinski definition) is 5. The minimum atomic E-state index is -3.50. The highest BCUT2D eigenvalue weighted by Gasteiger charge is 2.31. The lowest BCUT2D eigenvalue weighted by Gasteiger charge is -2.34. The number of sulfonamides is 1. The van der Waals surface area contributed by atoms with Gasteiger partial charge in [0.25, 0.3) is 0 Å². The number of piperidine rings is 1. The molecular formula is C16H29N3O6S. The molecule has 2 rings (SSSR count). The number of rotatable bonds is 7. The van der Waals surface area contributed by atoms with Gasteiger partial charge in [0.15, 0.2) is 0 Å². The third kappa shape index (κ3) is 6.73. The molecule has 3 unspecified atom stereocenters. The molecular weight excluding hydrogens is 362 g/mol. The van der Waals surface area contributed by atoms with Crippen LogP contribution < -0.4 is 10.0 Å². The van der Waals surface area contributed by atoms with Crippen molar-refractivity contribution in [2.45, 2.75) is 38.7 Å². The molecule has 0 aliphatic carbocycles. The van der Waals surface area contributed by atoms with Crippen LogP contribution in [0.3, 0.4) is 0 Å². The normalized spacial score (nSPS) is 27.1. The number of carbonyl (C=O) groups is 2. The first kappa shape index (κ1) is 20.9. The van der Waals surface area contributed by atoms with Gasteiger partial charge in [0.2, 0.25) is 10.0 Å². The Morgan fingerprint density at radius 3 is 2.69 bits per heavy atom. The highest BCUT2D eigenvalue weighted by molar-refractivity contribution is 7.89. The molecule has 2 amide bonds. The molecule has 0 saturated carbocycles. The zero-order chi connectivity index (χ0) is 19.2. The number of carboxylic acids is 1. The Hall–Kier alpha value is -1.39. The van der Waals surface area contributed by atoms with E-state index in [2.05, 4.69) is 10.0 Å². The largest absolute Gasteiger partial charge is 0.481 e. The molecule has 3 atom stereocenters. The monoisotopic (exact) mass is 391 g/mol. The van der Waals surface area contributed by atoms with E-state index in [1.165, 1.54) is 4.90 Å². The first-order valence-electron chi connectivity index (χ1n) is 9.11. The minimum Gasteiger partial charge on any atom is -0.481 e. The number of amides is 2. The summed E-state index contributed by atoms with van der Waals surface area (Å²) < 4.78 is 32.0. The van der Waals surface area contributed by atoms with Crippen molar-refractivity contribution in [3.63, 3.8) is 0 Å². The van der Waals surface area contributed by atoms with Crippen molar-refractivity contribution >= 4 is 22.0 Å². The maximum absolute atomic E-state index is 12.2. The summed E-state index contributed by atoms with van der Waals surface area (Å²) >= 11 is 0. The number of hydrogen-bond donors (Lipinski definition) is 3. The lowest BCUT2D eigenvalue weighted by Crippen LogP contribution is -2.50. The smallest absolute Gasteiger partial charge is 0.317 e. The van der Waals surface area contributed by atoms with E-state index in [-0.39, 0.29) is 37.4 Å². The van der Waals surface area contributed by atoms with Gasteiger partial charge in [-0.1, -0.05) is 6.92 Å². The third-order valence-corrected chi connectivity index (χ3v) is 6.10. The summed E-state index contributed by atoms with van der Waals surface area (Å²) in [6.07, 6.45) is 3.34. The maximum atomic E-state index is 12.2. The summed E-state index contributed by atoms with van der Waals surface area (Å²) in [6.45, 7) is 3.41. The molecule has 2 aliphatic heterocycles. The fourth-order valence-electron chi connectivity index (χ4n) is 3.36. The molecule has 10 heteroatoms. The fraction of sp³-hybridized carbons (Fsp3) is 0.875. The number of urea groups is 1. The highest BCUT2D eigenvalue weighted by Crippen LogP contribution is 2.21. The molecule has 0 aromatic rings. The summed E-state index contributed by atoms with van der Waals surface area (Å²) in [5.41, 5.74) is 0. The van der Waals surface area contributed by atoms with Gasteiger partial charge < -0.3 is 20.1 Å². The van der Waals surface area contributed by atoms with Gasteiger partial charge in [0.1, 0.15) is 0 Å². The van der Waals surface area contributed by atoms with Gasteiger partial charge in [-0.05, 0) is 31.6 Å². The quantitative estimate of drug-likeness (QED) is 0.570. The number of nitrogens with one attached hydrogen (secondary N) is 2. The molecule has 26 heavy (non-hydrogen) atoms. The predicted molar refractivity (Wildman–Crippen MR) is 95.3 cm³/mol.